The minimum absolute atomic E-state index is 0.0178. The minimum Gasteiger partial charge on any atom is -0.477 e. The van der Waals surface area contributed by atoms with Gasteiger partial charge in [-0.3, -0.25) is 9.59 Å². The highest BCUT2D eigenvalue weighted by Gasteiger charge is 2.29. The van der Waals surface area contributed by atoms with Crippen LogP contribution >= 0.6 is 11.3 Å². The van der Waals surface area contributed by atoms with Crippen molar-refractivity contribution in [1.82, 2.24) is 10.3 Å². The van der Waals surface area contributed by atoms with E-state index in [1.54, 1.807) is 38.1 Å². The molecule has 7 nitrogen and oxygen atoms in total. The average Bonchev–Trinajstić information content (AvgIpc) is 3.37. The maximum absolute atomic E-state index is 12.4. The summed E-state index contributed by atoms with van der Waals surface area (Å²) in [7, 11) is 0. The van der Waals surface area contributed by atoms with E-state index in [0.717, 1.165) is 24.2 Å². The lowest BCUT2D eigenvalue weighted by Crippen LogP contribution is -2.26. The van der Waals surface area contributed by atoms with Crippen LogP contribution in [0.4, 0.5) is 5.69 Å². The molecule has 1 atom stereocenters. The van der Waals surface area contributed by atoms with Gasteiger partial charge in [0.05, 0.1) is 11.7 Å². The lowest BCUT2D eigenvalue weighted by atomic mass is 10.1. The number of anilines is 1. The number of carbonyl (C=O) groups excluding carboxylic acids is 2. The van der Waals surface area contributed by atoms with Gasteiger partial charge >= 0.3 is 5.97 Å². The molecule has 1 aliphatic rings. The Morgan fingerprint density at radius 2 is 1.88 bits per heavy atom. The van der Waals surface area contributed by atoms with E-state index in [1.807, 2.05) is 0 Å². The van der Waals surface area contributed by atoms with E-state index in [-0.39, 0.29) is 22.6 Å². The van der Waals surface area contributed by atoms with E-state index >= 15 is 0 Å². The summed E-state index contributed by atoms with van der Waals surface area (Å²) >= 11 is 1.06. The molecule has 2 amide bonds. The molecular weight excluding hydrogens is 354 g/mol. The highest BCUT2D eigenvalue weighted by atomic mass is 32.1. The molecule has 8 heteroatoms. The summed E-state index contributed by atoms with van der Waals surface area (Å²) in [5.74, 6) is -1.17. The van der Waals surface area contributed by atoms with Crippen molar-refractivity contribution in [3.8, 4) is 0 Å². The van der Waals surface area contributed by atoms with Crippen LogP contribution < -0.4 is 10.6 Å². The fourth-order valence-electron chi connectivity index (χ4n) is 2.44. The van der Waals surface area contributed by atoms with Gasteiger partial charge in [0.15, 0.2) is 0 Å². The number of carbonyl (C=O) groups is 3. The fourth-order valence-corrected chi connectivity index (χ4v) is 3.35. The van der Waals surface area contributed by atoms with Gasteiger partial charge in [-0.1, -0.05) is 0 Å². The predicted octanol–water partition coefficient (Wildman–Crippen LogP) is 2.99. The van der Waals surface area contributed by atoms with Gasteiger partial charge in [-0.25, -0.2) is 9.78 Å². The quantitative estimate of drug-likeness (QED) is 0.721. The molecule has 1 aromatic heterocycles. The van der Waals surface area contributed by atoms with Gasteiger partial charge in [0.25, 0.3) is 5.91 Å². The van der Waals surface area contributed by atoms with Crippen LogP contribution in [0, 0.1) is 12.8 Å². The molecule has 0 bridgehead atoms. The number of rotatable bonds is 6. The molecule has 1 heterocycles. The standard InChI is InChI=1S/C18H19N3O4S/c1-9-14(18(24)25)26-17(20-9)10(2)19-15(22)12-5-7-13(8-6-12)21-16(23)11-3-4-11/h5-8,10-11H,3-4H2,1-2H3,(H,19,22)(H,21,23)(H,24,25). The zero-order valence-corrected chi connectivity index (χ0v) is 15.2. The number of aromatic carboxylic acids is 1. The van der Waals surface area contributed by atoms with Crippen LogP contribution in [0.15, 0.2) is 24.3 Å². The highest BCUT2D eigenvalue weighted by Crippen LogP contribution is 2.30. The smallest absolute Gasteiger partial charge is 0.347 e. The lowest BCUT2D eigenvalue weighted by Gasteiger charge is -2.12. The summed E-state index contributed by atoms with van der Waals surface area (Å²) in [4.78, 5) is 39.6. The third kappa shape index (κ3) is 4.08. The van der Waals surface area contributed by atoms with Crippen molar-refractivity contribution < 1.29 is 19.5 Å². The number of aryl methyl sites for hydroxylation is 1. The van der Waals surface area contributed by atoms with Crippen LogP contribution in [-0.4, -0.2) is 27.9 Å². The molecule has 136 valence electrons. The molecular formula is C18H19N3O4S. The van der Waals surface area contributed by atoms with Crippen molar-refractivity contribution in [2.24, 2.45) is 5.92 Å². The number of carboxylic acids is 1. The average molecular weight is 373 g/mol. The molecule has 26 heavy (non-hydrogen) atoms. The maximum Gasteiger partial charge on any atom is 0.347 e. The molecule has 2 aromatic rings. The molecule has 1 aromatic carbocycles. The second kappa shape index (κ2) is 7.25. The first-order valence-corrected chi connectivity index (χ1v) is 9.09. The van der Waals surface area contributed by atoms with Gasteiger partial charge in [0, 0.05) is 17.2 Å². The van der Waals surface area contributed by atoms with Crippen LogP contribution in [0.3, 0.4) is 0 Å². The second-order valence-corrected chi connectivity index (χ2v) is 7.34. The molecule has 0 spiro atoms. The van der Waals surface area contributed by atoms with Crippen molar-refractivity contribution in [1.29, 1.82) is 0 Å². The Morgan fingerprint density at radius 3 is 2.42 bits per heavy atom. The van der Waals surface area contributed by atoms with Crippen molar-refractivity contribution in [2.45, 2.75) is 32.7 Å². The van der Waals surface area contributed by atoms with Gasteiger partial charge in [-0.2, -0.15) is 0 Å². The second-order valence-electron chi connectivity index (χ2n) is 6.31. The van der Waals surface area contributed by atoms with Crippen molar-refractivity contribution in [2.75, 3.05) is 5.32 Å². The Balaban J connectivity index is 1.62. The topological polar surface area (TPSA) is 108 Å². The molecule has 1 saturated carbocycles. The van der Waals surface area contributed by atoms with Crippen LogP contribution in [0.25, 0.3) is 0 Å². The summed E-state index contributed by atoms with van der Waals surface area (Å²) in [6, 6.07) is 6.25. The molecule has 3 rings (SSSR count). The first-order valence-electron chi connectivity index (χ1n) is 8.27. The third-order valence-electron chi connectivity index (χ3n) is 4.09. The molecule has 3 N–H and O–H groups in total. The number of carboxylic acid groups (broad SMARTS) is 1. The van der Waals surface area contributed by atoms with Crippen LogP contribution in [0.1, 0.15) is 56.5 Å². The Kier molecular flexibility index (Phi) is 5.03. The number of hydrogen-bond donors (Lipinski definition) is 3. The summed E-state index contributed by atoms with van der Waals surface area (Å²) in [5, 5.41) is 15.3. The maximum atomic E-state index is 12.4. The van der Waals surface area contributed by atoms with Crippen LogP contribution in [-0.2, 0) is 4.79 Å². The molecule has 0 radical (unpaired) electrons. The van der Waals surface area contributed by atoms with Gasteiger partial charge < -0.3 is 15.7 Å². The van der Waals surface area contributed by atoms with Crippen molar-refractivity contribution in [3.05, 3.63) is 45.4 Å². The van der Waals surface area contributed by atoms with Gasteiger partial charge in [-0.15, -0.1) is 11.3 Å². The Morgan fingerprint density at radius 1 is 1.23 bits per heavy atom. The number of nitrogens with one attached hydrogen (secondary N) is 2. The first kappa shape index (κ1) is 18.1. The summed E-state index contributed by atoms with van der Waals surface area (Å²) in [6.45, 7) is 3.39. The van der Waals surface area contributed by atoms with E-state index in [1.165, 1.54) is 0 Å². The fraction of sp³-hybridized carbons (Fsp3) is 0.333. The Hall–Kier alpha value is -2.74. The number of hydrogen-bond acceptors (Lipinski definition) is 5. The van der Waals surface area contributed by atoms with E-state index < -0.39 is 12.0 Å². The van der Waals surface area contributed by atoms with Crippen molar-refractivity contribution >= 4 is 34.8 Å². The van der Waals surface area contributed by atoms with Gasteiger partial charge in [0.2, 0.25) is 5.91 Å². The van der Waals surface area contributed by atoms with Gasteiger partial charge in [0.1, 0.15) is 9.88 Å². The molecule has 0 aliphatic heterocycles. The largest absolute Gasteiger partial charge is 0.477 e. The number of nitrogens with zero attached hydrogens (tertiary/aromatic N) is 1. The molecule has 0 saturated heterocycles. The predicted molar refractivity (Wildman–Crippen MR) is 97.5 cm³/mol. The molecule has 1 fully saturated rings. The number of thiazole rings is 1. The zero-order chi connectivity index (χ0) is 18.8. The first-order chi connectivity index (χ1) is 12.3. The summed E-state index contributed by atoms with van der Waals surface area (Å²) in [5.41, 5.74) is 1.55. The van der Waals surface area contributed by atoms with E-state index in [9.17, 15) is 14.4 Å². The number of benzene rings is 1. The summed E-state index contributed by atoms with van der Waals surface area (Å²) < 4.78 is 0. The molecule has 1 unspecified atom stereocenters. The van der Waals surface area contributed by atoms with Crippen LogP contribution in [0.5, 0.6) is 0 Å². The summed E-state index contributed by atoms with van der Waals surface area (Å²) in [6.07, 6.45) is 1.87. The van der Waals surface area contributed by atoms with E-state index in [4.69, 9.17) is 5.11 Å². The number of amides is 2. The minimum atomic E-state index is -1.02. The zero-order valence-electron chi connectivity index (χ0n) is 14.4. The van der Waals surface area contributed by atoms with E-state index in [0.29, 0.717) is 22.0 Å². The molecule has 1 aliphatic carbocycles. The Labute approximate surface area is 154 Å². The Bertz CT molecular complexity index is 856. The van der Waals surface area contributed by atoms with Gasteiger partial charge in [-0.05, 0) is 51.0 Å². The monoisotopic (exact) mass is 373 g/mol. The van der Waals surface area contributed by atoms with Crippen LogP contribution in [0.2, 0.25) is 0 Å². The van der Waals surface area contributed by atoms with Crippen molar-refractivity contribution in [3.63, 3.8) is 0 Å². The lowest BCUT2D eigenvalue weighted by molar-refractivity contribution is -0.117. The highest BCUT2D eigenvalue weighted by molar-refractivity contribution is 7.13. The SMILES string of the molecule is Cc1nc(C(C)NC(=O)c2ccc(NC(=O)C3CC3)cc2)sc1C(=O)O. The van der Waals surface area contributed by atoms with E-state index in [2.05, 4.69) is 15.6 Å². The number of aromatic nitrogens is 1. The normalized spacial score (nSPS) is 14.5. The third-order valence-corrected chi connectivity index (χ3v) is 5.42.